The number of rotatable bonds is 7. The Bertz CT molecular complexity index is 1010. The first kappa shape index (κ1) is 25.1. The maximum atomic E-state index is 13.0. The van der Waals surface area contributed by atoms with Crippen molar-refractivity contribution < 1.29 is 26.2 Å². The van der Waals surface area contributed by atoms with Gasteiger partial charge in [0.1, 0.15) is 10.6 Å². The maximum absolute atomic E-state index is 13.0. The summed E-state index contributed by atoms with van der Waals surface area (Å²) in [6.07, 6.45) is 4.96. The number of carbonyl (C=O) groups is 1. The smallest absolute Gasteiger partial charge is 0.282 e. The monoisotopic (exact) mass is 491 g/mol. The molecule has 1 atom stereocenters. The summed E-state index contributed by atoms with van der Waals surface area (Å²) in [5.74, 6) is -0.256. The van der Waals surface area contributed by atoms with E-state index in [1.807, 2.05) is 0 Å². The van der Waals surface area contributed by atoms with Gasteiger partial charge in [0.05, 0.1) is 6.04 Å². The van der Waals surface area contributed by atoms with Gasteiger partial charge in [-0.3, -0.25) is 4.79 Å². The molecule has 3 rings (SSSR count). The van der Waals surface area contributed by atoms with Gasteiger partial charge in [-0.05, 0) is 33.6 Å². The normalized spacial score (nSPS) is 20.6. The van der Waals surface area contributed by atoms with Gasteiger partial charge in [-0.15, -0.1) is 0 Å². The van der Waals surface area contributed by atoms with Crippen LogP contribution in [0.15, 0.2) is 9.42 Å². The molecule has 1 aliphatic carbocycles. The fourth-order valence-electron chi connectivity index (χ4n) is 4.43. The predicted octanol–water partition coefficient (Wildman–Crippen LogP) is 0.612. The van der Waals surface area contributed by atoms with Crippen molar-refractivity contribution in [2.75, 3.05) is 33.2 Å². The van der Waals surface area contributed by atoms with E-state index in [1.54, 1.807) is 7.05 Å². The zero-order valence-electron chi connectivity index (χ0n) is 19.1. The zero-order valence-corrected chi connectivity index (χ0v) is 20.7. The molecule has 0 spiro atoms. The van der Waals surface area contributed by atoms with Crippen LogP contribution in [0.2, 0.25) is 0 Å². The van der Waals surface area contributed by atoms with Crippen molar-refractivity contribution in [3.05, 3.63) is 11.5 Å². The van der Waals surface area contributed by atoms with Gasteiger partial charge in [0.15, 0.2) is 5.76 Å². The minimum atomic E-state index is -3.99. The molecule has 13 heteroatoms. The van der Waals surface area contributed by atoms with Gasteiger partial charge in [-0.2, -0.15) is 21.8 Å². The van der Waals surface area contributed by atoms with E-state index in [0.29, 0.717) is 0 Å². The highest BCUT2D eigenvalue weighted by Crippen LogP contribution is 2.25. The first-order chi connectivity index (χ1) is 14.9. The summed E-state index contributed by atoms with van der Waals surface area (Å²) in [4.78, 5) is 14.3. The van der Waals surface area contributed by atoms with E-state index in [0.717, 1.165) is 32.1 Å². The summed E-state index contributed by atoms with van der Waals surface area (Å²) in [5, 5.41) is 3.65. The van der Waals surface area contributed by atoms with Crippen LogP contribution in [0.5, 0.6) is 0 Å². The summed E-state index contributed by atoms with van der Waals surface area (Å²) in [5.41, 5.74) is 0.218. The first-order valence-corrected chi connectivity index (χ1v) is 13.8. The molecule has 32 heavy (non-hydrogen) atoms. The fourth-order valence-corrected chi connectivity index (χ4v) is 7.53. The Kier molecular flexibility index (Phi) is 7.65. The van der Waals surface area contributed by atoms with Crippen LogP contribution in [-0.4, -0.2) is 86.7 Å². The molecule has 0 bridgehead atoms. The summed E-state index contributed by atoms with van der Waals surface area (Å²) in [7, 11) is -5.95. The number of carbonyl (C=O) groups excluding carboxylic acids is 1. The van der Waals surface area contributed by atoms with Gasteiger partial charge in [0.2, 0.25) is 15.9 Å². The number of nitrogens with one attached hydrogen (secondary N) is 1. The molecule has 1 saturated carbocycles. The Labute approximate surface area is 190 Å². The Hall–Kier alpha value is -1.54. The minimum absolute atomic E-state index is 0.0205. The van der Waals surface area contributed by atoms with Crippen molar-refractivity contribution in [3.63, 3.8) is 0 Å². The van der Waals surface area contributed by atoms with Crippen LogP contribution in [0.1, 0.15) is 50.5 Å². The molecular formula is C19H33N5O6S2. The summed E-state index contributed by atoms with van der Waals surface area (Å²) in [6.45, 7) is 5.23. The Morgan fingerprint density at radius 3 is 2.22 bits per heavy atom. The highest BCUT2D eigenvalue weighted by molar-refractivity contribution is 7.89. The highest BCUT2D eigenvalue weighted by atomic mass is 32.2. The third-order valence-electron chi connectivity index (χ3n) is 6.27. The molecule has 0 unspecified atom stereocenters. The van der Waals surface area contributed by atoms with Gasteiger partial charge in [0.25, 0.3) is 10.2 Å². The number of aryl methyl sites for hydroxylation is 2. The van der Waals surface area contributed by atoms with Gasteiger partial charge in [0, 0.05) is 39.3 Å². The number of hydrogen-bond acceptors (Lipinski definition) is 7. The molecule has 11 nitrogen and oxygen atoms in total. The fraction of sp³-hybridized carbons (Fsp3) is 0.789. The summed E-state index contributed by atoms with van der Waals surface area (Å²) < 4.78 is 61.6. The molecule has 1 amide bonds. The molecule has 1 aromatic rings. The molecule has 1 aliphatic heterocycles. The molecule has 2 fully saturated rings. The van der Waals surface area contributed by atoms with Crippen LogP contribution in [0.3, 0.4) is 0 Å². The lowest BCUT2D eigenvalue weighted by Gasteiger charge is -2.39. The number of piperazine rings is 1. The maximum Gasteiger partial charge on any atom is 0.282 e. The van der Waals surface area contributed by atoms with E-state index in [-0.39, 0.29) is 48.6 Å². The molecule has 2 aliphatic rings. The lowest BCUT2D eigenvalue weighted by molar-refractivity contribution is -0.133. The molecule has 0 radical (unpaired) electrons. The van der Waals surface area contributed by atoms with Crippen molar-refractivity contribution in [3.8, 4) is 0 Å². The van der Waals surface area contributed by atoms with Crippen LogP contribution in [0.25, 0.3) is 0 Å². The van der Waals surface area contributed by atoms with E-state index in [9.17, 15) is 21.6 Å². The van der Waals surface area contributed by atoms with Crippen molar-refractivity contribution in [1.29, 1.82) is 0 Å². The second-order valence-electron chi connectivity index (χ2n) is 8.54. The number of amides is 1. The van der Waals surface area contributed by atoms with E-state index in [1.165, 1.54) is 34.3 Å². The first-order valence-electron chi connectivity index (χ1n) is 10.9. The largest absolute Gasteiger partial charge is 0.360 e. The van der Waals surface area contributed by atoms with Crippen molar-refractivity contribution in [2.24, 2.45) is 0 Å². The van der Waals surface area contributed by atoms with Crippen molar-refractivity contribution >= 4 is 26.1 Å². The van der Waals surface area contributed by atoms with E-state index in [4.69, 9.17) is 4.52 Å². The number of hydrogen-bond donors (Lipinski definition) is 1. The topological polar surface area (TPSA) is 133 Å². The molecule has 2 heterocycles. The second-order valence-corrected chi connectivity index (χ2v) is 12.2. The highest BCUT2D eigenvalue weighted by Gasteiger charge is 2.37. The molecule has 1 aromatic heterocycles. The molecular weight excluding hydrogens is 458 g/mol. The SMILES string of the molecule is Cc1noc(C)c1S(=O)(=O)N[C@@H](C)C(=O)N1CCN(S(=O)(=O)N(C)C2CCCCC2)CC1. The van der Waals surface area contributed by atoms with Crippen LogP contribution in [-0.2, 0) is 25.0 Å². The molecule has 1 N–H and O–H groups in total. The van der Waals surface area contributed by atoms with Crippen LogP contribution in [0.4, 0.5) is 0 Å². The quantitative estimate of drug-likeness (QED) is 0.591. The average molecular weight is 492 g/mol. The van der Waals surface area contributed by atoms with Crippen LogP contribution >= 0.6 is 0 Å². The van der Waals surface area contributed by atoms with Gasteiger partial charge >= 0.3 is 0 Å². The van der Waals surface area contributed by atoms with E-state index < -0.39 is 32.2 Å². The Balaban J connectivity index is 1.59. The lowest BCUT2D eigenvalue weighted by Crippen LogP contribution is -2.57. The molecule has 182 valence electrons. The number of sulfonamides is 1. The van der Waals surface area contributed by atoms with Crippen LogP contribution < -0.4 is 4.72 Å². The third kappa shape index (κ3) is 5.16. The van der Waals surface area contributed by atoms with Crippen molar-refractivity contribution in [1.82, 2.24) is 23.4 Å². The average Bonchev–Trinajstić information content (AvgIpc) is 3.11. The van der Waals surface area contributed by atoms with Crippen molar-refractivity contribution in [2.45, 2.75) is 69.9 Å². The number of nitrogens with zero attached hydrogens (tertiary/aromatic N) is 4. The van der Waals surface area contributed by atoms with E-state index in [2.05, 4.69) is 9.88 Å². The number of aromatic nitrogens is 1. The Morgan fingerprint density at radius 2 is 1.69 bits per heavy atom. The van der Waals surface area contributed by atoms with Crippen LogP contribution in [0, 0.1) is 13.8 Å². The zero-order chi connectivity index (χ0) is 23.7. The second kappa shape index (κ2) is 9.75. The van der Waals surface area contributed by atoms with E-state index >= 15 is 0 Å². The van der Waals surface area contributed by atoms with Gasteiger partial charge in [-0.25, -0.2) is 8.42 Å². The summed E-state index contributed by atoms with van der Waals surface area (Å²) in [6, 6.07) is -0.992. The van der Waals surface area contributed by atoms with Gasteiger partial charge < -0.3 is 9.42 Å². The van der Waals surface area contributed by atoms with Gasteiger partial charge in [-0.1, -0.05) is 24.4 Å². The standard InChI is InChI=1S/C19H33N5O6S2/c1-14-18(16(3)30-20-14)31(26,27)21-15(2)19(25)23-10-12-24(13-11-23)32(28,29)22(4)17-8-6-5-7-9-17/h15,17,21H,5-13H2,1-4H3/t15-/m0/s1. The predicted molar refractivity (Wildman–Crippen MR) is 117 cm³/mol. The Morgan fingerprint density at radius 1 is 1.09 bits per heavy atom. The molecule has 0 aromatic carbocycles. The third-order valence-corrected chi connectivity index (χ3v) is 10.1. The molecule has 1 saturated heterocycles. The lowest BCUT2D eigenvalue weighted by atomic mass is 9.96. The minimum Gasteiger partial charge on any atom is -0.360 e. The summed E-state index contributed by atoms with van der Waals surface area (Å²) >= 11 is 0.